The summed E-state index contributed by atoms with van der Waals surface area (Å²) < 4.78 is 0. The molecule has 0 radical (unpaired) electrons. The highest BCUT2D eigenvalue weighted by molar-refractivity contribution is 7.12. The summed E-state index contributed by atoms with van der Waals surface area (Å²) in [6.07, 6.45) is 4.31. The maximum absolute atomic E-state index is 5.38. The predicted octanol–water partition coefficient (Wildman–Crippen LogP) is 2.04. The van der Waals surface area contributed by atoms with Crippen molar-refractivity contribution >= 4 is 11.3 Å². The van der Waals surface area contributed by atoms with E-state index in [2.05, 4.69) is 28.9 Å². The second kappa shape index (κ2) is 4.81. The molecule has 1 aromatic rings. The maximum Gasteiger partial charge on any atom is 0.0772 e. The summed E-state index contributed by atoms with van der Waals surface area (Å²) >= 11 is 1.82. The molecule has 1 aromatic heterocycles. The van der Waals surface area contributed by atoms with Crippen LogP contribution in [0.5, 0.6) is 0 Å². The zero-order valence-corrected chi connectivity index (χ0v) is 10.8. The summed E-state index contributed by atoms with van der Waals surface area (Å²) in [6.45, 7) is 2.88. The summed E-state index contributed by atoms with van der Waals surface area (Å²) in [5.41, 5.74) is 5.38. The topological polar surface area (TPSA) is 29.3 Å². The number of hydrogen-bond acceptors (Lipinski definition) is 3. The molecule has 1 saturated heterocycles. The molecule has 1 aliphatic heterocycles. The molecule has 2 N–H and O–H groups in total. The number of hydrogen-bond donors (Lipinski definition) is 1. The molecule has 2 fully saturated rings. The first-order valence-corrected chi connectivity index (χ1v) is 7.18. The Balaban J connectivity index is 1.63. The summed E-state index contributed by atoms with van der Waals surface area (Å²) in [4.78, 5) is 5.24. The monoisotopic (exact) mass is 246 g/mol. The molecule has 90 valence electrons. The molecule has 2 bridgehead atoms. The molecule has 0 amide bonds. The summed E-state index contributed by atoms with van der Waals surface area (Å²) in [5.74, 6) is 7.00. The van der Waals surface area contributed by atoms with Crippen LogP contribution in [-0.2, 0) is 6.54 Å². The van der Waals surface area contributed by atoms with Gasteiger partial charge in [0.15, 0.2) is 0 Å². The van der Waals surface area contributed by atoms with E-state index in [1.54, 1.807) is 0 Å². The van der Waals surface area contributed by atoms with Crippen molar-refractivity contribution < 1.29 is 0 Å². The van der Waals surface area contributed by atoms with Crippen molar-refractivity contribution in [1.29, 1.82) is 0 Å². The Labute approximate surface area is 107 Å². The van der Waals surface area contributed by atoms with Gasteiger partial charge in [0, 0.05) is 24.0 Å². The Bertz CT molecular complexity index is 454. The van der Waals surface area contributed by atoms with E-state index in [1.165, 1.54) is 30.7 Å². The molecule has 0 aromatic carbocycles. The van der Waals surface area contributed by atoms with Crippen LogP contribution in [0.3, 0.4) is 0 Å². The molecule has 2 atom stereocenters. The lowest BCUT2D eigenvalue weighted by Gasteiger charge is -2.25. The molecule has 1 saturated carbocycles. The minimum Gasteiger partial charge on any atom is -0.320 e. The Morgan fingerprint density at radius 3 is 3.06 bits per heavy atom. The number of rotatable bonds is 2. The van der Waals surface area contributed by atoms with E-state index in [1.807, 2.05) is 11.3 Å². The lowest BCUT2D eigenvalue weighted by molar-refractivity contribution is 0.207. The second-order valence-electron chi connectivity index (χ2n) is 5.03. The van der Waals surface area contributed by atoms with E-state index in [0.717, 1.165) is 23.4 Å². The lowest BCUT2D eigenvalue weighted by atomic mass is 10.1. The van der Waals surface area contributed by atoms with Crippen molar-refractivity contribution in [2.24, 2.45) is 11.7 Å². The van der Waals surface area contributed by atoms with Gasteiger partial charge in [0.1, 0.15) is 0 Å². The van der Waals surface area contributed by atoms with Gasteiger partial charge in [-0.3, -0.25) is 4.90 Å². The van der Waals surface area contributed by atoms with Gasteiger partial charge in [-0.15, -0.1) is 11.3 Å². The highest BCUT2D eigenvalue weighted by Gasteiger charge is 2.37. The average molecular weight is 246 g/mol. The fraction of sp³-hybridized carbons (Fsp3) is 0.571. The lowest BCUT2D eigenvalue weighted by Crippen LogP contribution is -2.30. The zero-order chi connectivity index (χ0) is 11.7. The van der Waals surface area contributed by atoms with Gasteiger partial charge >= 0.3 is 0 Å². The van der Waals surface area contributed by atoms with Gasteiger partial charge in [0.25, 0.3) is 0 Å². The zero-order valence-electron chi connectivity index (χ0n) is 9.98. The first-order valence-electron chi connectivity index (χ1n) is 6.37. The minimum absolute atomic E-state index is 0.448. The van der Waals surface area contributed by atoms with Crippen molar-refractivity contribution in [3.05, 3.63) is 21.9 Å². The SMILES string of the molecule is NCC#Cc1ccc(CN2CC3CCC2C3)s1. The Kier molecular flexibility index (Phi) is 3.19. The third kappa shape index (κ3) is 2.40. The van der Waals surface area contributed by atoms with Gasteiger partial charge in [-0.2, -0.15) is 0 Å². The molecule has 0 spiro atoms. The van der Waals surface area contributed by atoms with Crippen LogP contribution >= 0.6 is 11.3 Å². The first kappa shape index (κ1) is 11.3. The third-order valence-corrected chi connectivity index (χ3v) is 4.84. The standard InChI is InChI=1S/C14H18N2S/c15-7-1-2-13-5-6-14(17-13)10-16-9-11-3-4-12(16)8-11/h5-6,11-12H,3-4,7-10,15H2. The molecule has 17 heavy (non-hydrogen) atoms. The van der Waals surface area contributed by atoms with Crippen LogP contribution in [-0.4, -0.2) is 24.0 Å². The van der Waals surface area contributed by atoms with Crippen molar-refractivity contribution in [1.82, 2.24) is 4.90 Å². The van der Waals surface area contributed by atoms with Crippen LogP contribution in [0.25, 0.3) is 0 Å². The molecule has 2 unspecified atom stereocenters. The van der Waals surface area contributed by atoms with Crippen molar-refractivity contribution in [3.8, 4) is 11.8 Å². The summed E-state index contributed by atoms with van der Waals surface area (Å²) in [6, 6.07) is 5.20. The number of nitrogens with zero attached hydrogens (tertiary/aromatic N) is 1. The van der Waals surface area contributed by atoms with Crippen LogP contribution in [0.4, 0.5) is 0 Å². The number of nitrogens with two attached hydrogens (primary N) is 1. The number of thiophene rings is 1. The van der Waals surface area contributed by atoms with Gasteiger partial charge in [-0.1, -0.05) is 11.8 Å². The van der Waals surface area contributed by atoms with Gasteiger partial charge in [-0.05, 0) is 37.3 Å². The molecule has 2 nitrogen and oxygen atoms in total. The van der Waals surface area contributed by atoms with E-state index < -0.39 is 0 Å². The quantitative estimate of drug-likeness (QED) is 0.809. The smallest absolute Gasteiger partial charge is 0.0772 e. The van der Waals surface area contributed by atoms with Gasteiger partial charge in [-0.25, -0.2) is 0 Å². The normalized spacial score (nSPS) is 27.1. The van der Waals surface area contributed by atoms with Crippen LogP contribution < -0.4 is 5.73 Å². The van der Waals surface area contributed by atoms with E-state index in [4.69, 9.17) is 5.73 Å². The predicted molar refractivity (Wildman–Crippen MR) is 71.8 cm³/mol. The van der Waals surface area contributed by atoms with E-state index in [-0.39, 0.29) is 0 Å². The number of likely N-dealkylation sites (tertiary alicyclic amines) is 1. The minimum atomic E-state index is 0.448. The molecular formula is C14H18N2S. The summed E-state index contributed by atoms with van der Waals surface area (Å²) in [7, 11) is 0. The average Bonchev–Trinajstić information content (AvgIpc) is 3.02. The Morgan fingerprint density at radius 2 is 2.35 bits per heavy atom. The maximum atomic E-state index is 5.38. The number of piperidine rings is 1. The van der Waals surface area contributed by atoms with Gasteiger partial charge in [0.05, 0.1) is 11.4 Å². The molecule has 1 aliphatic carbocycles. The van der Waals surface area contributed by atoms with Crippen LogP contribution in [0.2, 0.25) is 0 Å². The van der Waals surface area contributed by atoms with Gasteiger partial charge in [0.2, 0.25) is 0 Å². The van der Waals surface area contributed by atoms with E-state index in [9.17, 15) is 0 Å². The third-order valence-electron chi connectivity index (χ3n) is 3.86. The Hall–Kier alpha value is -0.820. The molecule has 2 aliphatic rings. The van der Waals surface area contributed by atoms with Crippen molar-refractivity contribution in [3.63, 3.8) is 0 Å². The molecule has 3 rings (SSSR count). The van der Waals surface area contributed by atoms with Crippen molar-refractivity contribution in [2.45, 2.75) is 31.8 Å². The van der Waals surface area contributed by atoms with Crippen molar-refractivity contribution in [2.75, 3.05) is 13.1 Å². The first-order chi connectivity index (χ1) is 8.35. The van der Waals surface area contributed by atoms with Crippen LogP contribution in [0.15, 0.2) is 12.1 Å². The van der Waals surface area contributed by atoms with Crippen LogP contribution in [0, 0.1) is 17.8 Å². The molecular weight excluding hydrogens is 228 g/mol. The molecule has 3 heteroatoms. The molecule has 2 heterocycles. The fourth-order valence-electron chi connectivity index (χ4n) is 3.09. The Morgan fingerprint density at radius 1 is 1.41 bits per heavy atom. The highest BCUT2D eigenvalue weighted by Crippen LogP contribution is 2.38. The van der Waals surface area contributed by atoms with E-state index >= 15 is 0 Å². The second-order valence-corrected chi connectivity index (χ2v) is 6.20. The number of fused-ring (bicyclic) bond motifs is 2. The van der Waals surface area contributed by atoms with E-state index in [0.29, 0.717) is 6.54 Å². The summed E-state index contributed by atoms with van der Waals surface area (Å²) in [5, 5.41) is 0. The van der Waals surface area contributed by atoms with Crippen LogP contribution in [0.1, 0.15) is 29.0 Å². The van der Waals surface area contributed by atoms with Gasteiger partial charge < -0.3 is 5.73 Å². The fourth-order valence-corrected chi connectivity index (χ4v) is 4.00. The highest BCUT2D eigenvalue weighted by atomic mass is 32.1. The largest absolute Gasteiger partial charge is 0.320 e.